The van der Waals surface area contributed by atoms with Gasteiger partial charge in [0.1, 0.15) is 6.26 Å². The summed E-state index contributed by atoms with van der Waals surface area (Å²) < 4.78 is 5.42. The van der Waals surface area contributed by atoms with Gasteiger partial charge in [0.05, 0.1) is 18.3 Å². The molecule has 6 heteroatoms. The largest absolute Gasteiger partial charge is 0.444 e. The number of urea groups is 1. The number of aryl methyl sites for hydroxylation is 2. The number of oxazole rings is 1. The minimum atomic E-state index is -0.176. The molecule has 0 spiro atoms. The van der Waals surface area contributed by atoms with E-state index in [2.05, 4.69) is 10.3 Å². The van der Waals surface area contributed by atoms with Crippen LogP contribution < -0.4 is 5.32 Å². The monoisotopic (exact) mass is 315 g/mol. The quantitative estimate of drug-likeness (QED) is 0.913. The second-order valence-corrected chi connectivity index (χ2v) is 5.93. The first kappa shape index (κ1) is 15.6. The lowest BCUT2D eigenvalue weighted by atomic mass is 10.1. The van der Waals surface area contributed by atoms with E-state index in [1.165, 1.54) is 0 Å². The van der Waals surface area contributed by atoms with Gasteiger partial charge in [0, 0.05) is 17.8 Å². The highest BCUT2D eigenvalue weighted by atomic mass is 16.3. The number of aromatic nitrogens is 1. The Balaban J connectivity index is 1.81. The summed E-state index contributed by atoms with van der Waals surface area (Å²) in [7, 11) is 0. The summed E-state index contributed by atoms with van der Waals surface area (Å²) in [6, 6.07) is 5.45. The number of hydrogen-bond acceptors (Lipinski definition) is 4. The van der Waals surface area contributed by atoms with Crippen LogP contribution in [0.2, 0.25) is 0 Å². The number of carbonyl (C=O) groups is 1. The molecule has 1 aromatic heterocycles. The van der Waals surface area contributed by atoms with Crippen molar-refractivity contribution in [3.63, 3.8) is 0 Å². The van der Waals surface area contributed by atoms with Gasteiger partial charge in [0.25, 0.3) is 0 Å². The van der Waals surface area contributed by atoms with Crippen LogP contribution in [0.1, 0.15) is 24.1 Å². The van der Waals surface area contributed by atoms with E-state index in [1.54, 1.807) is 11.2 Å². The topological polar surface area (TPSA) is 78.6 Å². The summed E-state index contributed by atoms with van der Waals surface area (Å²) in [4.78, 5) is 18.5. The lowest BCUT2D eigenvalue weighted by molar-refractivity contribution is 0.166. The van der Waals surface area contributed by atoms with Crippen LogP contribution in [0.25, 0.3) is 11.5 Å². The summed E-state index contributed by atoms with van der Waals surface area (Å²) in [5.74, 6) is 0.535. The molecule has 1 unspecified atom stereocenters. The molecule has 3 rings (SSSR count). The lowest BCUT2D eigenvalue weighted by Gasteiger charge is -2.23. The molecule has 0 aliphatic carbocycles. The van der Waals surface area contributed by atoms with Crippen molar-refractivity contribution in [3.8, 4) is 11.5 Å². The molecule has 1 fully saturated rings. The fourth-order valence-electron chi connectivity index (χ4n) is 2.86. The number of aliphatic hydroxyl groups excluding tert-OH is 1. The van der Waals surface area contributed by atoms with Crippen molar-refractivity contribution in [2.24, 2.45) is 0 Å². The number of hydrogen-bond donors (Lipinski definition) is 2. The maximum Gasteiger partial charge on any atom is 0.322 e. The minimum Gasteiger partial charge on any atom is -0.444 e. The Hall–Kier alpha value is -2.34. The molecule has 1 aromatic carbocycles. The highest BCUT2D eigenvalue weighted by molar-refractivity contribution is 5.91. The van der Waals surface area contributed by atoms with Crippen molar-refractivity contribution in [2.45, 2.75) is 32.7 Å². The molecule has 1 aliphatic heterocycles. The lowest BCUT2D eigenvalue weighted by Crippen LogP contribution is -2.40. The van der Waals surface area contributed by atoms with Crippen molar-refractivity contribution in [1.29, 1.82) is 0 Å². The molecule has 1 saturated heterocycles. The Morgan fingerprint density at radius 2 is 2.30 bits per heavy atom. The zero-order valence-corrected chi connectivity index (χ0v) is 13.4. The molecular weight excluding hydrogens is 294 g/mol. The third-order valence-electron chi connectivity index (χ3n) is 4.19. The molecule has 6 nitrogen and oxygen atoms in total. The van der Waals surface area contributed by atoms with Gasteiger partial charge in [-0.15, -0.1) is 0 Å². The number of nitrogens with one attached hydrogen (secondary N) is 1. The molecule has 0 saturated carbocycles. The minimum absolute atomic E-state index is 0.00202. The van der Waals surface area contributed by atoms with Crippen LogP contribution in [0, 0.1) is 13.8 Å². The van der Waals surface area contributed by atoms with Gasteiger partial charge in [-0.2, -0.15) is 0 Å². The molecule has 2 aromatic rings. The number of rotatable bonds is 3. The zero-order chi connectivity index (χ0) is 16.4. The van der Waals surface area contributed by atoms with Gasteiger partial charge < -0.3 is 19.7 Å². The van der Waals surface area contributed by atoms with E-state index in [0.717, 1.165) is 35.3 Å². The Kier molecular flexibility index (Phi) is 4.34. The van der Waals surface area contributed by atoms with E-state index in [0.29, 0.717) is 12.4 Å². The van der Waals surface area contributed by atoms with Gasteiger partial charge >= 0.3 is 6.03 Å². The van der Waals surface area contributed by atoms with Gasteiger partial charge in [0.15, 0.2) is 0 Å². The Labute approximate surface area is 135 Å². The molecule has 1 aliphatic rings. The summed E-state index contributed by atoms with van der Waals surface area (Å²) >= 11 is 0. The molecule has 122 valence electrons. The van der Waals surface area contributed by atoms with Crippen LogP contribution in [-0.4, -0.2) is 40.2 Å². The van der Waals surface area contributed by atoms with Crippen LogP contribution in [0.15, 0.2) is 28.9 Å². The molecule has 2 heterocycles. The summed E-state index contributed by atoms with van der Waals surface area (Å²) in [6.07, 6.45) is 3.37. The predicted octanol–water partition coefficient (Wildman–Crippen LogP) is 2.95. The maximum absolute atomic E-state index is 12.5. The summed E-state index contributed by atoms with van der Waals surface area (Å²) in [5, 5.41) is 12.3. The molecule has 23 heavy (non-hydrogen) atoms. The van der Waals surface area contributed by atoms with E-state index in [1.807, 2.05) is 32.0 Å². The average molecular weight is 315 g/mol. The van der Waals surface area contributed by atoms with E-state index in [4.69, 9.17) is 4.42 Å². The zero-order valence-electron chi connectivity index (χ0n) is 13.4. The number of anilines is 1. The van der Waals surface area contributed by atoms with Crippen molar-refractivity contribution >= 4 is 11.7 Å². The first-order valence-corrected chi connectivity index (χ1v) is 7.80. The van der Waals surface area contributed by atoms with Crippen molar-refractivity contribution < 1.29 is 14.3 Å². The van der Waals surface area contributed by atoms with Gasteiger partial charge in [-0.05, 0) is 44.4 Å². The normalized spacial score (nSPS) is 17.5. The standard InChI is InChI=1S/C17H21N3O3/c1-11-5-6-13(16-18-12(2)10-23-16)8-15(11)19-17(22)20-7-3-4-14(20)9-21/h5-6,8,10,14,21H,3-4,7,9H2,1-2H3,(H,19,22). The fourth-order valence-corrected chi connectivity index (χ4v) is 2.86. The highest BCUT2D eigenvalue weighted by Gasteiger charge is 2.28. The van der Waals surface area contributed by atoms with Gasteiger partial charge in [-0.25, -0.2) is 9.78 Å². The number of amides is 2. The number of benzene rings is 1. The molecule has 0 bridgehead atoms. The number of carbonyl (C=O) groups excluding carboxylic acids is 1. The Morgan fingerprint density at radius 1 is 1.48 bits per heavy atom. The third-order valence-corrected chi connectivity index (χ3v) is 4.19. The van der Waals surface area contributed by atoms with E-state index in [-0.39, 0.29) is 18.7 Å². The first-order valence-electron chi connectivity index (χ1n) is 7.80. The third kappa shape index (κ3) is 3.22. The molecular formula is C17H21N3O3. The van der Waals surface area contributed by atoms with Gasteiger partial charge in [-0.3, -0.25) is 0 Å². The number of likely N-dealkylation sites (tertiary alicyclic amines) is 1. The molecule has 1 atom stereocenters. The highest BCUT2D eigenvalue weighted by Crippen LogP contribution is 2.26. The van der Waals surface area contributed by atoms with Crippen molar-refractivity contribution in [2.75, 3.05) is 18.5 Å². The van der Waals surface area contributed by atoms with Gasteiger partial charge in [-0.1, -0.05) is 6.07 Å². The molecule has 2 N–H and O–H groups in total. The summed E-state index contributed by atoms with van der Waals surface area (Å²) in [5.41, 5.74) is 3.32. The van der Waals surface area contributed by atoms with Crippen LogP contribution in [0.3, 0.4) is 0 Å². The molecule has 2 amide bonds. The first-order chi connectivity index (χ1) is 11.1. The van der Waals surface area contributed by atoms with Gasteiger partial charge in [0.2, 0.25) is 5.89 Å². The van der Waals surface area contributed by atoms with Crippen molar-refractivity contribution in [1.82, 2.24) is 9.88 Å². The van der Waals surface area contributed by atoms with E-state index >= 15 is 0 Å². The number of nitrogens with zero attached hydrogens (tertiary/aromatic N) is 2. The van der Waals surface area contributed by atoms with Crippen molar-refractivity contribution in [3.05, 3.63) is 35.7 Å². The van der Waals surface area contributed by atoms with Crippen LogP contribution >= 0.6 is 0 Å². The Morgan fingerprint density at radius 3 is 3.00 bits per heavy atom. The van der Waals surface area contributed by atoms with Crippen LogP contribution in [-0.2, 0) is 0 Å². The van der Waals surface area contributed by atoms with Crippen LogP contribution in [0.5, 0.6) is 0 Å². The SMILES string of the molecule is Cc1coc(-c2ccc(C)c(NC(=O)N3CCCC3CO)c2)n1. The fraction of sp³-hybridized carbons (Fsp3) is 0.412. The molecule has 0 radical (unpaired) electrons. The Bertz CT molecular complexity index is 711. The summed E-state index contributed by atoms with van der Waals surface area (Å²) in [6.45, 7) is 4.48. The maximum atomic E-state index is 12.5. The predicted molar refractivity (Wildman–Crippen MR) is 87.2 cm³/mol. The second-order valence-electron chi connectivity index (χ2n) is 5.93. The van der Waals surface area contributed by atoms with Crippen LogP contribution in [0.4, 0.5) is 10.5 Å². The second kappa shape index (κ2) is 6.42. The average Bonchev–Trinajstić information content (AvgIpc) is 3.18. The smallest absolute Gasteiger partial charge is 0.322 e. The van der Waals surface area contributed by atoms with E-state index < -0.39 is 0 Å². The van der Waals surface area contributed by atoms with E-state index in [9.17, 15) is 9.90 Å². The number of aliphatic hydroxyl groups is 1.